The fraction of sp³-hybridized carbons (Fsp3) is 1.00. The molecule has 0 aliphatic heterocycles. The lowest BCUT2D eigenvalue weighted by molar-refractivity contribution is -0.353. The van der Waals surface area contributed by atoms with Crippen LogP contribution in [-0.2, 0) is 9.78 Å². The Kier molecular flexibility index (Phi) is 6.38. The van der Waals surface area contributed by atoms with Gasteiger partial charge >= 0.3 is 0 Å². The average molecular weight is 202 g/mol. The van der Waals surface area contributed by atoms with Crippen LogP contribution in [0.5, 0.6) is 0 Å². The molecule has 0 amide bonds. The maximum atomic E-state index is 5.21. The Morgan fingerprint density at radius 2 is 1.57 bits per heavy atom. The molecule has 0 aliphatic rings. The van der Waals surface area contributed by atoms with E-state index in [0.29, 0.717) is 12.5 Å². The van der Waals surface area contributed by atoms with Crippen LogP contribution in [0.3, 0.4) is 0 Å². The zero-order chi connectivity index (χ0) is 11.2. The van der Waals surface area contributed by atoms with Crippen LogP contribution in [0.1, 0.15) is 54.4 Å². The highest BCUT2D eigenvalue weighted by Crippen LogP contribution is 2.14. The highest BCUT2D eigenvalue weighted by molar-refractivity contribution is 4.56. The monoisotopic (exact) mass is 202 g/mol. The van der Waals surface area contributed by atoms with Crippen molar-refractivity contribution in [2.45, 2.75) is 60.0 Å². The van der Waals surface area contributed by atoms with E-state index in [4.69, 9.17) is 9.78 Å². The third-order valence-corrected chi connectivity index (χ3v) is 1.90. The summed E-state index contributed by atoms with van der Waals surface area (Å²) in [5, 5.41) is 0. The minimum absolute atomic E-state index is 0.197. The van der Waals surface area contributed by atoms with Gasteiger partial charge in [0.25, 0.3) is 0 Å². The van der Waals surface area contributed by atoms with Gasteiger partial charge < -0.3 is 0 Å². The van der Waals surface area contributed by atoms with Gasteiger partial charge in [-0.3, -0.25) is 0 Å². The summed E-state index contributed by atoms with van der Waals surface area (Å²) in [5.41, 5.74) is -0.197. The third kappa shape index (κ3) is 10.0. The van der Waals surface area contributed by atoms with Gasteiger partial charge in [0.05, 0.1) is 12.2 Å². The molecular formula is C12H26O2. The highest BCUT2D eigenvalue weighted by Gasteiger charge is 2.12. The van der Waals surface area contributed by atoms with E-state index in [1.165, 1.54) is 12.8 Å². The van der Waals surface area contributed by atoms with Gasteiger partial charge in [-0.05, 0) is 39.0 Å². The smallest absolute Gasteiger partial charge is 0.0952 e. The number of hydrogen-bond donors (Lipinski definition) is 0. The molecular weight excluding hydrogens is 176 g/mol. The molecule has 86 valence electrons. The Balaban J connectivity index is 3.40. The minimum atomic E-state index is -0.197. The third-order valence-electron chi connectivity index (χ3n) is 1.90. The quantitative estimate of drug-likeness (QED) is 0.482. The van der Waals surface area contributed by atoms with E-state index in [1.807, 2.05) is 20.8 Å². The Bertz CT molecular complexity index is 136. The van der Waals surface area contributed by atoms with Crippen molar-refractivity contribution in [1.82, 2.24) is 0 Å². The first-order valence-corrected chi connectivity index (χ1v) is 5.62. The molecule has 0 N–H and O–H groups in total. The summed E-state index contributed by atoms with van der Waals surface area (Å²) in [7, 11) is 0. The van der Waals surface area contributed by atoms with E-state index in [2.05, 4.69) is 20.8 Å². The Morgan fingerprint density at radius 1 is 1.00 bits per heavy atom. The molecule has 0 fully saturated rings. The highest BCUT2D eigenvalue weighted by atomic mass is 17.2. The van der Waals surface area contributed by atoms with Gasteiger partial charge in [-0.15, -0.1) is 0 Å². The molecule has 0 aliphatic carbocycles. The molecule has 0 saturated heterocycles. The summed E-state index contributed by atoms with van der Waals surface area (Å²) in [4.78, 5) is 10.4. The summed E-state index contributed by atoms with van der Waals surface area (Å²) in [6, 6.07) is 0. The maximum Gasteiger partial charge on any atom is 0.0952 e. The standard InChI is InChI=1S/C12H26O2/c1-10(2)7-8-11(3)9-13-14-12(4,5)6/h10-11H,7-9H2,1-6H3/t11-/m0/s1. The Morgan fingerprint density at radius 3 is 2.00 bits per heavy atom. The van der Waals surface area contributed by atoms with Gasteiger partial charge in [0.1, 0.15) is 0 Å². The van der Waals surface area contributed by atoms with Crippen molar-refractivity contribution < 1.29 is 9.78 Å². The van der Waals surface area contributed by atoms with Gasteiger partial charge in [0.15, 0.2) is 0 Å². The molecule has 2 heteroatoms. The number of rotatable bonds is 6. The van der Waals surface area contributed by atoms with Crippen LogP contribution in [0.15, 0.2) is 0 Å². The van der Waals surface area contributed by atoms with E-state index in [0.717, 1.165) is 5.92 Å². The molecule has 0 bridgehead atoms. The first-order valence-electron chi connectivity index (χ1n) is 5.62. The van der Waals surface area contributed by atoms with Crippen LogP contribution in [0.4, 0.5) is 0 Å². The molecule has 0 heterocycles. The van der Waals surface area contributed by atoms with Crippen molar-refractivity contribution in [2.75, 3.05) is 6.61 Å². The molecule has 0 spiro atoms. The molecule has 2 nitrogen and oxygen atoms in total. The van der Waals surface area contributed by atoms with Crippen molar-refractivity contribution in [3.05, 3.63) is 0 Å². The molecule has 0 aromatic heterocycles. The predicted octanol–water partition coefficient (Wildman–Crippen LogP) is 3.81. The fourth-order valence-corrected chi connectivity index (χ4v) is 1.03. The Hall–Kier alpha value is -0.0800. The van der Waals surface area contributed by atoms with Crippen molar-refractivity contribution in [2.24, 2.45) is 11.8 Å². The van der Waals surface area contributed by atoms with Crippen molar-refractivity contribution in [3.63, 3.8) is 0 Å². The first kappa shape index (κ1) is 13.9. The second kappa shape index (κ2) is 6.41. The maximum absolute atomic E-state index is 5.21. The number of hydrogen-bond acceptors (Lipinski definition) is 2. The van der Waals surface area contributed by atoms with Crippen LogP contribution < -0.4 is 0 Å². The summed E-state index contributed by atoms with van der Waals surface area (Å²) >= 11 is 0. The normalized spacial score (nSPS) is 14.8. The second-order valence-electron chi connectivity index (χ2n) is 5.56. The summed E-state index contributed by atoms with van der Waals surface area (Å²) in [6.45, 7) is 13.4. The van der Waals surface area contributed by atoms with Crippen LogP contribution in [-0.4, -0.2) is 12.2 Å². The fourth-order valence-electron chi connectivity index (χ4n) is 1.03. The summed E-state index contributed by atoms with van der Waals surface area (Å²) in [5.74, 6) is 1.36. The van der Waals surface area contributed by atoms with Gasteiger partial charge in [-0.25, -0.2) is 9.78 Å². The first-order chi connectivity index (χ1) is 6.31. The lowest BCUT2D eigenvalue weighted by Crippen LogP contribution is -2.21. The largest absolute Gasteiger partial charge is 0.236 e. The van der Waals surface area contributed by atoms with E-state index in [1.54, 1.807) is 0 Å². The summed E-state index contributed by atoms with van der Waals surface area (Å²) < 4.78 is 0. The molecule has 1 atom stereocenters. The molecule has 0 aromatic carbocycles. The predicted molar refractivity (Wildman–Crippen MR) is 60.0 cm³/mol. The van der Waals surface area contributed by atoms with Crippen molar-refractivity contribution in [1.29, 1.82) is 0 Å². The SMILES string of the molecule is CC(C)CC[C@H](C)COOC(C)(C)C. The van der Waals surface area contributed by atoms with Crippen LogP contribution in [0, 0.1) is 11.8 Å². The molecule has 0 rings (SSSR count). The zero-order valence-electron chi connectivity index (χ0n) is 10.6. The van der Waals surface area contributed by atoms with E-state index in [9.17, 15) is 0 Å². The van der Waals surface area contributed by atoms with Crippen LogP contribution in [0.25, 0.3) is 0 Å². The van der Waals surface area contributed by atoms with E-state index < -0.39 is 0 Å². The minimum Gasteiger partial charge on any atom is -0.236 e. The molecule has 0 unspecified atom stereocenters. The van der Waals surface area contributed by atoms with Gasteiger partial charge in [0, 0.05) is 0 Å². The van der Waals surface area contributed by atoms with Crippen molar-refractivity contribution >= 4 is 0 Å². The molecule has 0 saturated carbocycles. The lowest BCUT2D eigenvalue weighted by Gasteiger charge is -2.19. The molecule has 14 heavy (non-hydrogen) atoms. The average Bonchev–Trinajstić information content (AvgIpc) is 1.98. The van der Waals surface area contributed by atoms with E-state index in [-0.39, 0.29) is 5.60 Å². The molecule has 0 radical (unpaired) electrons. The lowest BCUT2D eigenvalue weighted by atomic mass is 10.0. The van der Waals surface area contributed by atoms with E-state index >= 15 is 0 Å². The van der Waals surface area contributed by atoms with Crippen LogP contribution in [0.2, 0.25) is 0 Å². The van der Waals surface area contributed by atoms with Crippen LogP contribution >= 0.6 is 0 Å². The van der Waals surface area contributed by atoms with Crippen molar-refractivity contribution in [3.8, 4) is 0 Å². The topological polar surface area (TPSA) is 18.5 Å². The van der Waals surface area contributed by atoms with Gasteiger partial charge in [0.2, 0.25) is 0 Å². The summed E-state index contributed by atoms with van der Waals surface area (Å²) in [6.07, 6.45) is 2.48. The zero-order valence-corrected chi connectivity index (χ0v) is 10.6. The second-order valence-corrected chi connectivity index (χ2v) is 5.56. The van der Waals surface area contributed by atoms with Gasteiger partial charge in [-0.1, -0.05) is 27.2 Å². The van der Waals surface area contributed by atoms with Gasteiger partial charge in [-0.2, -0.15) is 0 Å². The Labute approximate surface area is 88.9 Å². The molecule has 0 aromatic rings.